The summed E-state index contributed by atoms with van der Waals surface area (Å²) in [6.45, 7) is 5.06. The van der Waals surface area contributed by atoms with E-state index in [-0.39, 0.29) is 11.7 Å². The summed E-state index contributed by atoms with van der Waals surface area (Å²) >= 11 is 0. The van der Waals surface area contributed by atoms with Crippen LogP contribution in [0.25, 0.3) is 0 Å². The minimum atomic E-state index is 0.167. The summed E-state index contributed by atoms with van der Waals surface area (Å²) in [5.41, 5.74) is 4.77. The van der Waals surface area contributed by atoms with E-state index in [9.17, 15) is 4.79 Å². The average molecular weight is 390 g/mol. The van der Waals surface area contributed by atoms with Gasteiger partial charge >= 0.3 is 0 Å². The third kappa shape index (κ3) is 4.04. The second-order valence-corrected chi connectivity index (χ2v) is 7.29. The standard InChI is InChI=1S/C24H26N2O3/c1-3-28-22-11-10-16(13-23(22)29-4-2)12-19-24-20(26-25-19)14-18(15-21(24)27)17-8-6-5-7-9-17/h5-11,13,18H,3-4,12,14-15H2,1-2H3,(H,25,26)/t18-/m1/s1. The molecule has 0 radical (unpaired) electrons. The van der Waals surface area contributed by atoms with Crippen LogP contribution < -0.4 is 9.47 Å². The van der Waals surface area contributed by atoms with Crippen molar-refractivity contribution in [3.8, 4) is 11.5 Å². The molecule has 0 spiro atoms. The molecule has 5 nitrogen and oxygen atoms in total. The molecule has 1 aliphatic carbocycles. The lowest BCUT2D eigenvalue weighted by atomic mass is 9.81. The molecular formula is C24H26N2O3. The van der Waals surface area contributed by atoms with E-state index in [4.69, 9.17) is 9.47 Å². The molecule has 29 heavy (non-hydrogen) atoms. The van der Waals surface area contributed by atoms with E-state index in [0.29, 0.717) is 26.1 Å². The summed E-state index contributed by atoms with van der Waals surface area (Å²) in [5, 5.41) is 7.61. The van der Waals surface area contributed by atoms with Crippen LogP contribution in [0.2, 0.25) is 0 Å². The molecule has 0 saturated heterocycles. The second kappa shape index (κ2) is 8.52. The predicted octanol–water partition coefficient (Wildman–Crippen LogP) is 4.71. The molecule has 0 bridgehead atoms. The monoisotopic (exact) mass is 390 g/mol. The zero-order chi connectivity index (χ0) is 20.2. The maximum absolute atomic E-state index is 12.9. The number of ether oxygens (including phenoxy) is 2. The van der Waals surface area contributed by atoms with Gasteiger partial charge < -0.3 is 9.47 Å². The number of benzene rings is 2. The first-order chi connectivity index (χ1) is 14.2. The van der Waals surface area contributed by atoms with Crippen molar-refractivity contribution < 1.29 is 14.3 Å². The number of rotatable bonds is 7. The van der Waals surface area contributed by atoms with E-state index in [1.807, 2.05) is 50.2 Å². The molecule has 0 aliphatic heterocycles. The number of aromatic amines is 1. The van der Waals surface area contributed by atoms with Gasteiger partial charge in [-0.05, 0) is 49.4 Å². The van der Waals surface area contributed by atoms with Gasteiger partial charge in [-0.2, -0.15) is 5.10 Å². The van der Waals surface area contributed by atoms with Gasteiger partial charge in [-0.25, -0.2) is 0 Å². The molecule has 3 aromatic rings. The van der Waals surface area contributed by atoms with Gasteiger partial charge in [0.1, 0.15) is 0 Å². The van der Waals surface area contributed by atoms with Gasteiger partial charge in [0, 0.05) is 18.5 Å². The van der Waals surface area contributed by atoms with Crippen LogP contribution in [-0.4, -0.2) is 29.2 Å². The Labute approximate surface area is 171 Å². The second-order valence-electron chi connectivity index (χ2n) is 7.29. The number of nitrogens with zero attached hydrogens (tertiary/aromatic N) is 1. The van der Waals surface area contributed by atoms with Gasteiger partial charge in [0.15, 0.2) is 17.3 Å². The summed E-state index contributed by atoms with van der Waals surface area (Å²) in [7, 11) is 0. The fourth-order valence-corrected chi connectivity index (χ4v) is 4.03. The molecule has 4 rings (SSSR count). The van der Waals surface area contributed by atoms with Gasteiger partial charge in [-0.1, -0.05) is 36.4 Å². The molecule has 0 amide bonds. The summed E-state index contributed by atoms with van der Waals surface area (Å²) < 4.78 is 11.4. The Morgan fingerprint density at radius 1 is 1.00 bits per heavy atom. The summed E-state index contributed by atoms with van der Waals surface area (Å²) in [5.74, 6) is 1.84. The van der Waals surface area contributed by atoms with Crippen LogP contribution in [0.15, 0.2) is 48.5 Å². The molecule has 1 heterocycles. The molecule has 1 N–H and O–H groups in total. The molecule has 150 valence electrons. The zero-order valence-electron chi connectivity index (χ0n) is 16.9. The van der Waals surface area contributed by atoms with Crippen molar-refractivity contribution >= 4 is 5.78 Å². The Balaban J connectivity index is 1.57. The van der Waals surface area contributed by atoms with Crippen molar-refractivity contribution in [3.63, 3.8) is 0 Å². The van der Waals surface area contributed by atoms with Gasteiger partial charge in [0.05, 0.1) is 24.5 Å². The number of hydrogen-bond donors (Lipinski definition) is 1. The number of carbonyl (C=O) groups excluding carboxylic acids is 1. The Kier molecular flexibility index (Phi) is 5.65. The van der Waals surface area contributed by atoms with Gasteiger partial charge in [-0.15, -0.1) is 0 Å². The highest BCUT2D eigenvalue weighted by Gasteiger charge is 2.30. The van der Waals surface area contributed by atoms with Crippen molar-refractivity contribution in [2.75, 3.05) is 13.2 Å². The normalized spacial score (nSPS) is 15.8. The number of H-pyrrole nitrogens is 1. The molecule has 0 fully saturated rings. The van der Waals surface area contributed by atoms with Crippen molar-refractivity contribution in [3.05, 3.63) is 76.6 Å². The molecule has 2 aromatic carbocycles. The maximum Gasteiger partial charge on any atom is 0.167 e. The van der Waals surface area contributed by atoms with Crippen LogP contribution in [0.5, 0.6) is 11.5 Å². The molecule has 1 aliphatic rings. The van der Waals surface area contributed by atoms with Crippen LogP contribution in [0.4, 0.5) is 0 Å². The number of fused-ring (bicyclic) bond motifs is 1. The Morgan fingerprint density at radius 3 is 2.52 bits per heavy atom. The number of ketones is 1. The van der Waals surface area contributed by atoms with Crippen LogP contribution in [0, 0.1) is 0 Å². The highest BCUT2D eigenvalue weighted by atomic mass is 16.5. The van der Waals surface area contributed by atoms with Crippen molar-refractivity contribution in [1.29, 1.82) is 0 Å². The molecule has 1 aromatic heterocycles. The van der Waals surface area contributed by atoms with Gasteiger partial charge in [0.25, 0.3) is 0 Å². The number of carbonyl (C=O) groups is 1. The molecule has 0 saturated carbocycles. The summed E-state index contributed by atoms with van der Waals surface area (Å²) in [6.07, 6.45) is 1.92. The number of hydrogen-bond acceptors (Lipinski definition) is 4. The zero-order valence-corrected chi connectivity index (χ0v) is 16.9. The van der Waals surface area contributed by atoms with Crippen LogP contribution >= 0.6 is 0 Å². The first-order valence-electron chi connectivity index (χ1n) is 10.2. The van der Waals surface area contributed by atoms with E-state index >= 15 is 0 Å². The number of nitrogens with one attached hydrogen (secondary N) is 1. The van der Waals surface area contributed by atoms with Crippen LogP contribution in [0.1, 0.15) is 59.1 Å². The Hall–Kier alpha value is -3.08. The lowest BCUT2D eigenvalue weighted by molar-refractivity contribution is 0.0963. The third-order valence-corrected chi connectivity index (χ3v) is 5.33. The minimum absolute atomic E-state index is 0.167. The van der Waals surface area contributed by atoms with Crippen molar-refractivity contribution in [1.82, 2.24) is 10.2 Å². The Bertz CT molecular complexity index is 995. The topological polar surface area (TPSA) is 64.2 Å². The lowest BCUT2D eigenvalue weighted by Crippen LogP contribution is -2.19. The van der Waals surface area contributed by atoms with Gasteiger partial charge in [0.2, 0.25) is 0 Å². The van der Waals surface area contributed by atoms with E-state index in [1.54, 1.807) is 0 Å². The lowest BCUT2D eigenvalue weighted by Gasteiger charge is -2.21. The number of Topliss-reactive ketones (excluding diaryl/α,β-unsaturated/α-hetero) is 1. The molecule has 5 heteroatoms. The third-order valence-electron chi connectivity index (χ3n) is 5.33. The predicted molar refractivity (Wildman–Crippen MR) is 112 cm³/mol. The molecule has 1 atom stereocenters. The highest BCUT2D eigenvalue weighted by molar-refractivity contribution is 6.00. The summed E-state index contributed by atoms with van der Waals surface area (Å²) in [6, 6.07) is 16.2. The van der Waals surface area contributed by atoms with Crippen molar-refractivity contribution in [2.24, 2.45) is 0 Å². The highest BCUT2D eigenvalue weighted by Crippen LogP contribution is 2.34. The fraction of sp³-hybridized carbons (Fsp3) is 0.333. The number of aromatic nitrogens is 2. The van der Waals surface area contributed by atoms with E-state index in [0.717, 1.165) is 40.4 Å². The largest absolute Gasteiger partial charge is 0.490 e. The van der Waals surface area contributed by atoms with E-state index < -0.39 is 0 Å². The van der Waals surface area contributed by atoms with Gasteiger partial charge in [-0.3, -0.25) is 9.89 Å². The van der Waals surface area contributed by atoms with Crippen LogP contribution in [-0.2, 0) is 12.8 Å². The smallest absolute Gasteiger partial charge is 0.167 e. The average Bonchev–Trinajstić information content (AvgIpc) is 3.14. The SMILES string of the molecule is CCOc1ccc(Cc2n[nH]c3c2C(=O)C[C@H](c2ccccc2)C3)cc1OCC. The first kappa shape index (κ1) is 19.2. The molecule has 0 unspecified atom stereocenters. The Morgan fingerprint density at radius 2 is 1.76 bits per heavy atom. The fourth-order valence-electron chi connectivity index (χ4n) is 4.03. The van der Waals surface area contributed by atoms with Crippen LogP contribution in [0.3, 0.4) is 0 Å². The van der Waals surface area contributed by atoms with E-state index in [2.05, 4.69) is 22.3 Å². The quantitative estimate of drug-likeness (QED) is 0.634. The minimum Gasteiger partial charge on any atom is -0.490 e. The molecular weight excluding hydrogens is 364 g/mol. The summed E-state index contributed by atoms with van der Waals surface area (Å²) in [4.78, 5) is 12.9. The van der Waals surface area contributed by atoms with E-state index in [1.165, 1.54) is 5.56 Å². The first-order valence-corrected chi connectivity index (χ1v) is 10.2. The van der Waals surface area contributed by atoms with Crippen molar-refractivity contribution in [2.45, 2.75) is 39.0 Å². The maximum atomic E-state index is 12.9.